The summed E-state index contributed by atoms with van der Waals surface area (Å²) in [4.78, 5) is 34.8. The van der Waals surface area contributed by atoms with Gasteiger partial charge in [-0.25, -0.2) is 9.59 Å². The van der Waals surface area contributed by atoms with Gasteiger partial charge in [-0.05, 0) is 30.5 Å². The van der Waals surface area contributed by atoms with Gasteiger partial charge in [-0.2, -0.15) is 0 Å². The highest BCUT2D eigenvalue weighted by molar-refractivity contribution is 5.92. The van der Waals surface area contributed by atoms with E-state index in [4.69, 9.17) is 10.8 Å². The second-order valence-electron chi connectivity index (χ2n) is 5.99. The molecule has 0 unspecified atom stereocenters. The van der Waals surface area contributed by atoms with Crippen molar-refractivity contribution in [2.45, 2.75) is 39.8 Å². The number of nitrogens with two attached hydrogens (primary N) is 1. The lowest BCUT2D eigenvalue weighted by Gasteiger charge is -2.06. The average Bonchev–Trinajstić information content (AvgIpc) is 2.73. The highest BCUT2D eigenvalue weighted by atomic mass is 16.4. The lowest BCUT2D eigenvalue weighted by molar-refractivity contribution is -0.118. The van der Waals surface area contributed by atoms with E-state index in [2.05, 4.69) is 13.8 Å². The standard InChI is InChI=1S/C16H21N3O4/c1-10(2)5-7-18-12-4-3-11(15(21)22)9-13(12)19(16(18)23)8-6-14(17)20/h3-4,9-10H,5-8H2,1-2H3,(H2,17,20)(H,21,22). The molecular weight excluding hydrogens is 298 g/mol. The van der Waals surface area contributed by atoms with E-state index in [-0.39, 0.29) is 24.2 Å². The number of fused-ring (bicyclic) bond motifs is 1. The number of carboxylic acid groups (broad SMARTS) is 1. The van der Waals surface area contributed by atoms with Gasteiger partial charge in [-0.3, -0.25) is 13.9 Å². The number of carboxylic acids is 1. The third kappa shape index (κ3) is 3.61. The summed E-state index contributed by atoms with van der Waals surface area (Å²) in [5.74, 6) is -1.13. The first-order chi connectivity index (χ1) is 10.8. The van der Waals surface area contributed by atoms with Crippen LogP contribution in [0.3, 0.4) is 0 Å². The fourth-order valence-corrected chi connectivity index (χ4v) is 2.49. The maximum atomic E-state index is 12.6. The minimum absolute atomic E-state index is 0.0283. The van der Waals surface area contributed by atoms with E-state index in [0.717, 1.165) is 6.42 Å². The SMILES string of the molecule is CC(C)CCn1c(=O)n(CCC(N)=O)c2cc(C(=O)O)ccc21. The molecular formula is C16H21N3O4. The van der Waals surface area contributed by atoms with Crippen LogP contribution in [0, 0.1) is 5.92 Å². The molecule has 0 atom stereocenters. The number of nitrogens with zero attached hydrogens (tertiary/aromatic N) is 2. The molecule has 7 nitrogen and oxygen atoms in total. The van der Waals surface area contributed by atoms with Crippen molar-refractivity contribution < 1.29 is 14.7 Å². The van der Waals surface area contributed by atoms with Crippen molar-refractivity contribution in [3.05, 3.63) is 34.2 Å². The Hall–Kier alpha value is -2.57. The van der Waals surface area contributed by atoms with E-state index in [1.165, 1.54) is 16.7 Å². The van der Waals surface area contributed by atoms with Gasteiger partial charge in [0.05, 0.1) is 16.6 Å². The first-order valence-electron chi connectivity index (χ1n) is 7.56. The Kier molecular flexibility index (Phi) is 4.88. The Labute approximate surface area is 133 Å². The molecule has 3 N–H and O–H groups in total. The smallest absolute Gasteiger partial charge is 0.335 e. The number of hydrogen-bond donors (Lipinski definition) is 2. The van der Waals surface area contributed by atoms with Crippen LogP contribution in [0.1, 0.15) is 37.0 Å². The zero-order chi connectivity index (χ0) is 17.1. The van der Waals surface area contributed by atoms with Crippen molar-refractivity contribution in [1.82, 2.24) is 9.13 Å². The van der Waals surface area contributed by atoms with Crippen molar-refractivity contribution in [2.75, 3.05) is 0 Å². The topological polar surface area (TPSA) is 107 Å². The molecule has 7 heteroatoms. The molecule has 0 fully saturated rings. The van der Waals surface area contributed by atoms with E-state index in [9.17, 15) is 14.4 Å². The second kappa shape index (κ2) is 6.68. The number of carbonyl (C=O) groups excluding carboxylic acids is 1. The van der Waals surface area contributed by atoms with Crippen LogP contribution in [-0.4, -0.2) is 26.1 Å². The molecule has 2 aromatic rings. The predicted octanol–water partition coefficient (Wildman–Crippen LogP) is 1.42. The maximum Gasteiger partial charge on any atom is 0.335 e. The molecule has 1 amide bonds. The first kappa shape index (κ1) is 16.8. The van der Waals surface area contributed by atoms with Crippen molar-refractivity contribution >= 4 is 22.9 Å². The number of rotatable bonds is 7. The van der Waals surface area contributed by atoms with Crippen LogP contribution in [0.25, 0.3) is 11.0 Å². The molecule has 0 radical (unpaired) electrons. The van der Waals surface area contributed by atoms with Crippen LogP contribution >= 0.6 is 0 Å². The highest BCUT2D eigenvalue weighted by Gasteiger charge is 2.16. The number of benzene rings is 1. The summed E-state index contributed by atoms with van der Waals surface area (Å²) < 4.78 is 3.05. The van der Waals surface area contributed by atoms with Gasteiger partial charge in [0.1, 0.15) is 0 Å². The fraction of sp³-hybridized carbons (Fsp3) is 0.438. The summed E-state index contributed by atoms with van der Waals surface area (Å²) in [7, 11) is 0. The molecule has 0 saturated heterocycles. The highest BCUT2D eigenvalue weighted by Crippen LogP contribution is 2.17. The van der Waals surface area contributed by atoms with Crippen molar-refractivity contribution in [3.63, 3.8) is 0 Å². The minimum Gasteiger partial charge on any atom is -0.478 e. The summed E-state index contributed by atoms with van der Waals surface area (Å²) >= 11 is 0. The van der Waals surface area contributed by atoms with Gasteiger partial charge >= 0.3 is 11.7 Å². The van der Waals surface area contributed by atoms with Gasteiger partial charge in [0.25, 0.3) is 0 Å². The Balaban J connectivity index is 2.57. The predicted molar refractivity (Wildman–Crippen MR) is 86.4 cm³/mol. The summed E-state index contributed by atoms with van der Waals surface area (Å²) in [5.41, 5.74) is 6.20. The lowest BCUT2D eigenvalue weighted by atomic mass is 10.1. The van der Waals surface area contributed by atoms with E-state index >= 15 is 0 Å². The van der Waals surface area contributed by atoms with Crippen LogP contribution in [0.5, 0.6) is 0 Å². The number of amides is 1. The van der Waals surface area contributed by atoms with Gasteiger partial charge in [0, 0.05) is 19.5 Å². The number of hydrogen-bond acceptors (Lipinski definition) is 3. The molecule has 2 rings (SSSR count). The Morgan fingerprint density at radius 3 is 2.39 bits per heavy atom. The van der Waals surface area contributed by atoms with Crippen LogP contribution in [0.15, 0.2) is 23.0 Å². The molecule has 1 aromatic carbocycles. The van der Waals surface area contributed by atoms with Crippen molar-refractivity contribution in [3.8, 4) is 0 Å². The number of primary amides is 1. The van der Waals surface area contributed by atoms with Gasteiger partial charge < -0.3 is 10.8 Å². The summed E-state index contributed by atoms with van der Waals surface area (Å²) in [6.45, 7) is 4.82. The Bertz CT molecular complexity index is 801. The summed E-state index contributed by atoms with van der Waals surface area (Å²) in [5, 5.41) is 9.14. The van der Waals surface area contributed by atoms with E-state index in [1.807, 2.05) is 0 Å². The van der Waals surface area contributed by atoms with Crippen LogP contribution in [0.2, 0.25) is 0 Å². The normalized spacial score (nSPS) is 11.3. The molecule has 0 aliphatic carbocycles. The zero-order valence-electron chi connectivity index (χ0n) is 13.3. The van der Waals surface area contributed by atoms with E-state index in [0.29, 0.717) is 23.5 Å². The largest absolute Gasteiger partial charge is 0.478 e. The Morgan fingerprint density at radius 1 is 1.17 bits per heavy atom. The monoisotopic (exact) mass is 319 g/mol. The lowest BCUT2D eigenvalue weighted by Crippen LogP contribution is -2.26. The summed E-state index contributed by atoms with van der Waals surface area (Å²) in [6.07, 6.45) is 0.857. The average molecular weight is 319 g/mol. The van der Waals surface area contributed by atoms with Gasteiger partial charge in [0.15, 0.2) is 0 Å². The quantitative estimate of drug-likeness (QED) is 0.804. The molecule has 0 saturated carbocycles. The van der Waals surface area contributed by atoms with Crippen LogP contribution < -0.4 is 11.4 Å². The van der Waals surface area contributed by atoms with Crippen LogP contribution in [-0.2, 0) is 17.9 Å². The zero-order valence-corrected chi connectivity index (χ0v) is 13.3. The number of aromatic carboxylic acids is 1. The van der Waals surface area contributed by atoms with Gasteiger partial charge in [-0.15, -0.1) is 0 Å². The maximum absolute atomic E-state index is 12.6. The van der Waals surface area contributed by atoms with Gasteiger partial charge in [0.2, 0.25) is 5.91 Å². The summed E-state index contributed by atoms with van der Waals surface area (Å²) in [6, 6.07) is 4.58. The Morgan fingerprint density at radius 2 is 1.83 bits per heavy atom. The molecule has 0 aliphatic heterocycles. The van der Waals surface area contributed by atoms with Crippen molar-refractivity contribution in [1.29, 1.82) is 0 Å². The number of carbonyl (C=O) groups is 2. The van der Waals surface area contributed by atoms with E-state index in [1.54, 1.807) is 10.6 Å². The molecule has 1 heterocycles. The number of imidazole rings is 1. The van der Waals surface area contributed by atoms with Gasteiger partial charge in [-0.1, -0.05) is 13.8 Å². The second-order valence-corrected chi connectivity index (χ2v) is 5.99. The van der Waals surface area contributed by atoms with Crippen molar-refractivity contribution in [2.24, 2.45) is 11.7 Å². The number of aromatic nitrogens is 2. The molecule has 0 spiro atoms. The number of aryl methyl sites for hydroxylation is 2. The third-order valence-electron chi connectivity index (χ3n) is 3.78. The third-order valence-corrected chi connectivity index (χ3v) is 3.78. The fourth-order valence-electron chi connectivity index (χ4n) is 2.49. The molecule has 124 valence electrons. The molecule has 1 aromatic heterocycles. The minimum atomic E-state index is -1.06. The van der Waals surface area contributed by atoms with Crippen LogP contribution in [0.4, 0.5) is 0 Å². The molecule has 0 aliphatic rings. The first-order valence-corrected chi connectivity index (χ1v) is 7.56. The molecule has 0 bridgehead atoms. The van der Waals surface area contributed by atoms with E-state index < -0.39 is 11.9 Å². The molecule has 23 heavy (non-hydrogen) atoms.